The molecule has 3 nitrogen and oxygen atoms in total. The second-order valence-electron chi connectivity index (χ2n) is 3.87. The van der Waals surface area contributed by atoms with E-state index in [1.54, 1.807) is 11.3 Å². The van der Waals surface area contributed by atoms with Crippen LogP contribution in [0.2, 0.25) is 0 Å². The molecule has 0 spiro atoms. The number of fused-ring (bicyclic) bond motifs is 1. The first-order valence-corrected chi connectivity index (χ1v) is 7.97. The van der Waals surface area contributed by atoms with Gasteiger partial charge in [-0.25, -0.2) is 9.97 Å². The Morgan fingerprint density at radius 3 is 2.94 bits per heavy atom. The molecule has 0 unspecified atom stereocenters. The zero-order valence-corrected chi connectivity index (χ0v) is 12.1. The molecule has 0 saturated carbocycles. The molecule has 5 heteroatoms. The summed E-state index contributed by atoms with van der Waals surface area (Å²) in [7, 11) is 2.11. The maximum atomic E-state index is 4.66. The quantitative estimate of drug-likeness (QED) is 0.832. The zero-order valence-electron chi connectivity index (χ0n) is 10.4. The van der Waals surface area contributed by atoms with E-state index in [0.29, 0.717) is 0 Å². The second kappa shape index (κ2) is 5.69. The highest BCUT2D eigenvalue weighted by atomic mass is 32.2. The highest BCUT2D eigenvalue weighted by molar-refractivity contribution is 7.98. The van der Waals surface area contributed by atoms with E-state index in [0.717, 1.165) is 35.2 Å². The summed E-state index contributed by atoms with van der Waals surface area (Å²) in [5, 5.41) is 3.26. The summed E-state index contributed by atoms with van der Waals surface area (Å²) in [4.78, 5) is 12.5. The van der Waals surface area contributed by atoms with Gasteiger partial charge in [0.2, 0.25) is 0 Å². The largest absolute Gasteiger partial charge is 0.358 e. The molecule has 0 fully saturated rings. The summed E-state index contributed by atoms with van der Waals surface area (Å²) in [6.07, 6.45) is 3.02. The van der Waals surface area contributed by atoms with Crippen LogP contribution in [0.3, 0.4) is 0 Å². The average Bonchev–Trinajstić information content (AvgIpc) is 2.82. The Morgan fingerprint density at radius 1 is 1.41 bits per heavy atom. The molecule has 0 aliphatic carbocycles. The van der Waals surface area contributed by atoms with Crippen LogP contribution in [0.5, 0.6) is 0 Å². The van der Waals surface area contributed by atoms with Crippen LogP contribution in [0.25, 0.3) is 10.2 Å². The number of aromatic nitrogens is 2. The molecule has 0 aliphatic heterocycles. The lowest BCUT2D eigenvalue weighted by Gasteiger charge is -2.18. The summed E-state index contributed by atoms with van der Waals surface area (Å²) in [6, 6.07) is 2.12. The van der Waals surface area contributed by atoms with Crippen LogP contribution < -0.4 is 4.90 Å². The van der Waals surface area contributed by atoms with Crippen LogP contribution in [0.1, 0.15) is 12.7 Å². The zero-order chi connectivity index (χ0) is 12.3. The maximum absolute atomic E-state index is 4.66. The van der Waals surface area contributed by atoms with Gasteiger partial charge in [0.05, 0.1) is 5.39 Å². The lowest BCUT2D eigenvalue weighted by molar-refractivity contribution is 0.904. The van der Waals surface area contributed by atoms with Gasteiger partial charge in [0.25, 0.3) is 0 Å². The van der Waals surface area contributed by atoms with E-state index in [1.165, 1.54) is 5.39 Å². The molecule has 2 rings (SSSR count). The molecule has 0 N–H and O–H groups in total. The smallest absolute Gasteiger partial charge is 0.140 e. The standard InChI is InChI=1S/C12H17N3S2/c1-4-10-13-11(15(2)6-8-16-3)9-5-7-17-12(9)14-10/h5,7H,4,6,8H2,1-3H3. The number of nitrogens with zero attached hydrogens (tertiary/aromatic N) is 3. The van der Waals surface area contributed by atoms with E-state index in [4.69, 9.17) is 0 Å². The van der Waals surface area contributed by atoms with Gasteiger partial charge in [0.1, 0.15) is 16.5 Å². The number of hydrogen-bond donors (Lipinski definition) is 0. The van der Waals surface area contributed by atoms with Crippen LogP contribution in [0.4, 0.5) is 5.82 Å². The van der Waals surface area contributed by atoms with Crippen molar-refractivity contribution in [2.75, 3.05) is 30.5 Å². The molecule has 2 aromatic rings. The van der Waals surface area contributed by atoms with Crippen molar-refractivity contribution in [3.8, 4) is 0 Å². The minimum Gasteiger partial charge on any atom is -0.358 e. The molecule has 0 aromatic carbocycles. The van der Waals surface area contributed by atoms with E-state index in [-0.39, 0.29) is 0 Å². The highest BCUT2D eigenvalue weighted by Gasteiger charge is 2.11. The van der Waals surface area contributed by atoms with Crippen molar-refractivity contribution in [1.29, 1.82) is 0 Å². The van der Waals surface area contributed by atoms with E-state index in [9.17, 15) is 0 Å². The molecule has 0 saturated heterocycles. The molecule has 0 bridgehead atoms. The minimum absolute atomic E-state index is 0.886. The van der Waals surface area contributed by atoms with E-state index in [1.807, 2.05) is 11.8 Å². The first kappa shape index (κ1) is 12.6. The van der Waals surface area contributed by atoms with Crippen LogP contribution in [0, 0.1) is 0 Å². The van der Waals surface area contributed by atoms with Gasteiger partial charge in [0.15, 0.2) is 0 Å². The van der Waals surface area contributed by atoms with Crippen molar-refractivity contribution in [3.63, 3.8) is 0 Å². The number of thioether (sulfide) groups is 1. The fourth-order valence-electron chi connectivity index (χ4n) is 1.67. The van der Waals surface area contributed by atoms with E-state index >= 15 is 0 Å². The molecule has 0 radical (unpaired) electrons. The van der Waals surface area contributed by atoms with Crippen LogP contribution in [-0.4, -0.2) is 35.6 Å². The lowest BCUT2D eigenvalue weighted by Crippen LogP contribution is -2.22. The first-order chi connectivity index (χ1) is 8.26. The first-order valence-electron chi connectivity index (χ1n) is 5.70. The Kier molecular flexibility index (Phi) is 4.23. The second-order valence-corrected chi connectivity index (χ2v) is 5.75. The van der Waals surface area contributed by atoms with Crippen LogP contribution in [-0.2, 0) is 6.42 Å². The number of aryl methyl sites for hydroxylation is 1. The summed E-state index contributed by atoms with van der Waals surface area (Å²) in [6.45, 7) is 3.12. The van der Waals surface area contributed by atoms with Crippen molar-refractivity contribution < 1.29 is 0 Å². The molecule has 17 heavy (non-hydrogen) atoms. The Labute approximate surface area is 110 Å². The predicted octanol–water partition coefficient (Wildman–Crippen LogP) is 3.05. The molecule has 0 amide bonds. The molecule has 2 aromatic heterocycles. The van der Waals surface area contributed by atoms with Crippen molar-refractivity contribution in [3.05, 3.63) is 17.3 Å². The maximum Gasteiger partial charge on any atom is 0.140 e. The van der Waals surface area contributed by atoms with Crippen LogP contribution >= 0.6 is 23.1 Å². The summed E-state index contributed by atoms with van der Waals surface area (Å²) < 4.78 is 0. The molecule has 0 aliphatic rings. The Balaban J connectivity index is 2.39. The van der Waals surface area contributed by atoms with Gasteiger partial charge >= 0.3 is 0 Å². The normalized spacial score (nSPS) is 11.0. The summed E-state index contributed by atoms with van der Waals surface area (Å²) in [5.74, 6) is 3.13. The Bertz CT molecular complexity index is 495. The van der Waals surface area contributed by atoms with Gasteiger partial charge in [-0.15, -0.1) is 11.3 Å². The fraction of sp³-hybridized carbons (Fsp3) is 0.500. The van der Waals surface area contributed by atoms with Crippen LogP contribution in [0.15, 0.2) is 11.4 Å². The average molecular weight is 267 g/mol. The lowest BCUT2D eigenvalue weighted by atomic mass is 10.3. The summed E-state index contributed by atoms with van der Waals surface area (Å²) >= 11 is 3.55. The van der Waals surface area contributed by atoms with E-state index < -0.39 is 0 Å². The third kappa shape index (κ3) is 2.72. The van der Waals surface area contributed by atoms with Gasteiger partial charge in [-0.05, 0) is 17.7 Å². The monoisotopic (exact) mass is 267 g/mol. The van der Waals surface area contributed by atoms with Crippen molar-refractivity contribution in [2.24, 2.45) is 0 Å². The van der Waals surface area contributed by atoms with Gasteiger partial charge in [0, 0.05) is 25.8 Å². The van der Waals surface area contributed by atoms with Crippen molar-refractivity contribution in [2.45, 2.75) is 13.3 Å². The number of thiophene rings is 1. The fourth-order valence-corrected chi connectivity index (χ4v) is 2.90. The topological polar surface area (TPSA) is 29.0 Å². The van der Waals surface area contributed by atoms with Gasteiger partial charge in [-0.1, -0.05) is 6.92 Å². The molecular formula is C12H17N3S2. The molecule has 92 valence electrons. The Hall–Kier alpha value is -0.810. The Morgan fingerprint density at radius 2 is 2.24 bits per heavy atom. The van der Waals surface area contributed by atoms with E-state index in [2.05, 4.69) is 46.5 Å². The molecular weight excluding hydrogens is 250 g/mol. The predicted molar refractivity (Wildman–Crippen MR) is 78.4 cm³/mol. The van der Waals surface area contributed by atoms with Gasteiger partial charge < -0.3 is 4.90 Å². The van der Waals surface area contributed by atoms with Gasteiger partial charge in [-0.3, -0.25) is 0 Å². The number of rotatable bonds is 5. The molecule has 2 heterocycles. The molecule has 0 atom stereocenters. The third-order valence-electron chi connectivity index (χ3n) is 2.66. The number of hydrogen-bond acceptors (Lipinski definition) is 5. The third-order valence-corrected chi connectivity index (χ3v) is 4.06. The summed E-state index contributed by atoms with van der Waals surface area (Å²) in [5.41, 5.74) is 0. The van der Waals surface area contributed by atoms with Crippen molar-refractivity contribution in [1.82, 2.24) is 9.97 Å². The van der Waals surface area contributed by atoms with Crippen molar-refractivity contribution >= 4 is 39.1 Å². The highest BCUT2D eigenvalue weighted by Crippen LogP contribution is 2.27. The SMILES string of the molecule is CCc1nc(N(C)CCSC)c2ccsc2n1. The number of anilines is 1. The minimum atomic E-state index is 0.886. The van der Waals surface area contributed by atoms with Gasteiger partial charge in [-0.2, -0.15) is 11.8 Å².